The molecular weight excluding hydrogens is 406 g/mol. The summed E-state index contributed by atoms with van der Waals surface area (Å²) in [5, 5.41) is 0. The molecule has 1 heterocycles. The number of likely N-dealkylation sites (tertiary alicyclic amines) is 1. The van der Waals surface area contributed by atoms with Crippen molar-refractivity contribution in [3.05, 3.63) is 12.7 Å². The Labute approximate surface area is 191 Å². The normalized spacial score (nSPS) is 27.2. The fraction of sp³-hybridized carbons (Fsp3) is 0.840. The predicted octanol–water partition coefficient (Wildman–Crippen LogP) is 6.83. The van der Waals surface area contributed by atoms with Crippen LogP contribution in [0.15, 0.2) is 12.7 Å². The second kappa shape index (κ2) is 9.38. The van der Waals surface area contributed by atoms with E-state index in [1.165, 1.54) is 4.90 Å². The maximum atomic E-state index is 13.3. The first-order valence-electron chi connectivity index (χ1n) is 12.0. The topological polar surface area (TPSA) is 55.8 Å². The van der Waals surface area contributed by atoms with E-state index in [-0.39, 0.29) is 17.9 Å². The molecule has 0 unspecified atom stereocenters. The minimum atomic E-state index is -2.04. The lowest BCUT2D eigenvalue weighted by Gasteiger charge is -2.55. The Kier molecular flexibility index (Phi) is 7.90. The van der Waals surface area contributed by atoms with Crippen LogP contribution < -0.4 is 0 Å². The number of hydrogen-bond donors (Lipinski definition) is 0. The molecule has 2 amide bonds. The van der Waals surface area contributed by atoms with Gasteiger partial charge in [-0.1, -0.05) is 47.6 Å². The molecule has 6 heteroatoms. The second-order valence-corrected chi connectivity index (χ2v) is 17.0. The zero-order valence-electron chi connectivity index (χ0n) is 21.3. The van der Waals surface area contributed by atoms with Gasteiger partial charge in [-0.15, -0.1) is 6.58 Å². The second-order valence-electron chi connectivity index (χ2n) is 11.6. The van der Waals surface area contributed by atoms with Gasteiger partial charge in [-0.25, -0.2) is 9.69 Å². The van der Waals surface area contributed by atoms with E-state index in [9.17, 15) is 9.59 Å². The molecule has 2 aliphatic rings. The standard InChI is InChI=1S/C25H45NO4Si/c1-11-13-25-14-12-21(30-31(17(2)3,18(4)5)19(6)7)20(16-25)15-22(27)26(25)23(28)29-24(8,9)10/h11,17-21H,1,12-16H2,2-10H3/t20-,21-,25-/m0/s1. The molecule has 178 valence electrons. The van der Waals surface area contributed by atoms with Gasteiger partial charge in [0.25, 0.3) is 0 Å². The smallest absolute Gasteiger partial charge is 0.417 e. The highest BCUT2D eigenvalue weighted by atomic mass is 28.4. The van der Waals surface area contributed by atoms with Crippen LogP contribution >= 0.6 is 0 Å². The summed E-state index contributed by atoms with van der Waals surface area (Å²) in [5.74, 6) is 0.00886. The maximum absolute atomic E-state index is 13.3. The molecule has 2 rings (SSSR count). The Bertz CT molecular complexity index is 660. The van der Waals surface area contributed by atoms with Gasteiger partial charge < -0.3 is 9.16 Å². The van der Waals surface area contributed by atoms with Crippen molar-refractivity contribution < 1.29 is 18.8 Å². The summed E-state index contributed by atoms with van der Waals surface area (Å²) in [5.41, 5.74) is 0.336. The summed E-state index contributed by atoms with van der Waals surface area (Å²) in [6, 6.07) is 0. The number of rotatable bonds is 7. The third kappa shape index (κ3) is 5.10. The van der Waals surface area contributed by atoms with Gasteiger partial charge in [0.15, 0.2) is 0 Å². The number of piperidine rings is 1. The predicted molar refractivity (Wildman–Crippen MR) is 129 cm³/mol. The fourth-order valence-corrected chi connectivity index (χ4v) is 12.0. The lowest BCUT2D eigenvalue weighted by molar-refractivity contribution is -0.151. The van der Waals surface area contributed by atoms with Crippen LogP contribution in [0.2, 0.25) is 16.6 Å². The lowest BCUT2D eigenvalue weighted by Crippen LogP contribution is -2.64. The van der Waals surface area contributed by atoms with Crippen molar-refractivity contribution >= 4 is 20.3 Å². The van der Waals surface area contributed by atoms with Crippen molar-refractivity contribution in [2.45, 2.75) is 128 Å². The van der Waals surface area contributed by atoms with Crippen molar-refractivity contribution in [1.29, 1.82) is 0 Å². The Hall–Kier alpha value is -1.14. The van der Waals surface area contributed by atoms with Crippen LogP contribution in [0.1, 0.15) is 94.4 Å². The summed E-state index contributed by atoms with van der Waals surface area (Å²) in [4.78, 5) is 27.7. The fourth-order valence-electron chi connectivity index (χ4n) is 6.33. The Morgan fingerprint density at radius 2 is 1.74 bits per heavy atom. The molecule has 31 heavy (non-hydrogen) atoms. The Morgan fingerprint density at radius 3 is 2.19 bits per heavy atom. The zero-order chi connectivity index (χ0) is 23.8. The average Bonchev–Trinajstić information content (AvgIpc) is 2.58. The molecule has 0 aromatic heterocycles. The highest BCUT2D eigenvalue weighted by molar-refractivity contribution is 6.77. The number of fused-ring (bicyclic) bond motifs is 2. The van der Waals surface area contributed by atoms with Gasteiger partial charge in [0, 0.05) is 12.5 Å². The van der Waals surface area contributed by atoms with E-state index in [1.807, 2.05) is 26.8 Å². The molecule has 0 radical (unpaired) electrons. The van der Waals surface area contributed by atoms with Crippen LogP contribution in [-0.2, 0) is 14.0 Å². The van der Waals surface area contributed by atoms with Gasteiger partial charge in [0.05, 0.1) is 5.54 Å². The van der Waals surface area contributed by atoms with E-state index in [4.69, 9.17) is 9.16 Å². The number of imide groups is 1. The van der Waals surface area contributed by atoms with Crippen molar-refractivity contribution in [3.8, 4) is 0 Å². The monoisotopic (exact) mass is 451 g/mol. The maximum Gasteiger partial charge on any atom is 0.417 e. The van der Waals surface area contributed by atoms with E-state index in [2.05, 4.69) is 48.1 Å². The third-order valence-corrected chi connectivity index (χ3v) is 13.5. The van der Waals surface area contributed by atoms with Crippen LogP contribution in [-0.4, -0.2) is 42.5 Å². The Morgan fingerprint density at radius 1 is 1.19 bits per heavy atom. The number of amides is 2. The molecule has 0 spiro atoms. The molecule has 1 saturated heterocycles. The Balaban J connectivity index is 2.34. The number of carbonyl (C=O) groups excluding carboxylic acids is 2. The van der Waals surface area contributed by atoms with Crippen LogP contribution in [0.4, 0.5) is 4.79 Å². The van der Waals surface area contributed by atoms with Gasteiger partial charge in [-0.2, -0.15) is 0 Å². The van der Waals surface area contributed by atoms with E-state index in [0.717, 1.165) is 19.3 Å². The van der Waals surface area contributed by atoms with Crippen LogP contribution in [0, 0.1) is 5.92 Å². The number of hydrogen-bond acceptors (Lipinski definition) is 4. The minimum Gasteiger partial charge on any atom is -0.443 e. The van der Waals surface area contributed by atoms with E-state index >= 15 is 0 Å². The van der Waals surface area contributed by atoms with Crippen molar-refractivity contribution in [1.82, 2.24) is 4.90 Å². The van der Waals surface area contributed by atoms with Crippen molar-refractivity contribution in [3.63, 3.8) is 0 Å². The van der Waals surface area contributed by atoms with E-state index < -0.39 is 25.6 Å². The molecule has 0 aromatic rings. The largest absolute Gasteiger partial charge is 0.443 e. The lowest BCUT2D eigenvalue weighted by atomic mass is 9.67. The number of carbonyl (C=O) groups is 2. The number of ether oxygens (including phenoxy) is 1. The molecule has 2 fully saturated rings. The first-order valence-corrected chi connectivity index (χ1v) is 14.2. The van der Waals surface area contributed by atoms with Gasteiger partial charge in [0.1, 0.15) is 5.60 Å². The summed E-state index contributed by atoms with van der Waals surface area (Å²) in [6.45, 7) is 23.2. The van der Waals surface area contributed by atoms with Crippen molar-refractivity contribution in [2.75, 3.05) is 0 Å². The molecule has 2 bridgehead atoms. The van der Waals surface area contributed by atoms with E-state index in [1.54, 1.807) is 0 Å². The average molecular weight is 452 g/mol. The first-order chi connectivity index (χ1) is 14.2. The molecule has 0 N–H and O–H groups in total. The molecular formula is C25H45NO4Si. The van der Waals surface area contributed by atoms with Crippen LogP contribution in [0.3, 0.4) is 0 Å². The van der Waals surface area contributed by atoms with Gasteiger partial charge in [-0.3, -0.25) is 4.79 Å². The molecule has 1 aliphatic heterocycles. The molecule has 0 aromatic carbocycles. The van der Waals surface area contributed by atoms with Gasteiger partial charge in [0.2, 0.25) is 14.2 Å². The highest BCUT2D eigenvalue weighted by Gasteiger charge is 2.56. The third-order valence-electron chi connectivity index (χ3n) is 7.39. The zero-order valence-corrected chi connectivity index (χ0v) is 22.3. The summed E-state index contributed by atoms with van der Waals surface area (Å²) in [6.07, 6.45) is 4.73. The van der Waals surface area contributed by atoms with Crippen molar-refractivity contribution in [2.24, 2.45) is 5.92 Å². The molecule has 1 aliphatic carbocycles. The molecule has 1 saturated carbocycles. The number of nitrogens with zero attached hydrogens (tertiary/aromatic N) is 1. The van der Waals surface area contributed by atoms with E-state index in [0.29, 0.717) is 29.5 Å². The van der Waals surface area contributed by atoms with Gasteiger partial charge in [-0.05, 0) is 69.0 Å². The SMILES string of the molecule is C=CC[C@@]12CC[C@H](O[Si](C(C)C)(C(C)C)C(C)C)[C@@H](CC(=O)N1C(=O)OC(C)(C)C)C2. The highest BCUT2D eigenvalue weighted by Crippen LogP contribution is 2.50. The van der Waals surface area contributed by atoms with Crippen LogP contribution in [0.25, 0.3) is 0 Å². The molecule has 5 nitrogen and oxygen atoms in total. The molecule has 3 atom stereocenters. The summed E-state index contributed by atoms with van der Waals surface area (Å²) in [7, 11) is -2.04. The summed E-state index contributed by atoms with van der Waals surface area (Å²) >= 11 is 0. The quantitative estimate of drug-likeness (QED) is 0.314. The van der Waals surface area contributed by atoms with Gasteiger partial charge >= 0.3 is 6.09 Å². The first kappa shape index (κ1) is 26.1. The minimum absolute atomic E-state index is 0.0848. The summed E-state index contributed by atoms with van der Waals surface area (Å²) < 4.78 is 12.7. The van der Waals surface area contributed by atoms with Crippen LogP contribution in [0.5, 0.6) is 0 Å².